The summed E-state index contributed by atoms with van der Waals surface area (Å²) in [7, 11) is 2.03. The van der Waals surface area contributed by atoms with E-state index in [9.17, 15) is 9.59 Å². The average molecular weight is 362 g/mol. The lowest BCUT2D eigenvalue weighted by Gasteiger charge is -2.27. The number of para-hydroxylation sites is 1. The van der Waals surface area contributed by atoms with E-state index in [1.807, 2.05) is 30.1 Å². The summed E-state index contributed by atoms with van der Waals surface area (Å²) in [5, 5.41) is 2.98. The number of hydrogen-bond acceptors (Lipinski definition) is 3. The van der Waals surface area contributed by atoms with E-state index < -0.39 is 0 Å². The molecule has 0 aliphatic carbocycles. The van der Waals surface area contributed by atoms with Crippen LogP contribution < -0.4 is 10.2 Å². The molecule has 146 valence electrons. The normalized spacial score (nSPS) is 11.7. The lowest BCUT2D eigenvalue weighted by Crippen LogP contribution is -2.40. The second kappa shape index (κ2) is 12.3. The van der Waals surface area contributed by atoms with Crippen LogP contribution in [0.5, 0.6) is 0 Å². The van der Waals surface area contributed by atoms with Gasteiger partial charge in [0.25, 0.3) is 0 Å². The van der Waals surface area contributed by atoms with Crippen LogP contribution in [0, 0.1) is 0 Å². The maximum atomic E-state index is 12.2. The van der Waals surface area contributed by atoms with Gasteiger partial charge in [-0.15, -0.1) is 0 Å². The van der Waals surface area contributed by atoms with E-state index in [0.29, 0.717) is 25.8 Å². The Labute approximate surface area is 158 Å². The SMILES string of the molecule is CCCN(CCC)C(=O)CCCC(=O)NCC(C)N(C)c1ccccc1. The molecule has 5 heteroatoms. The van der Waals surface area contributed by atoms with Gasteiger partial charge in [-0.3, -0.25) is 9.59 Å². The predicted molar refractivity (Wildman–Crippen MR) is 108 cm³/mol. The van der Waals surface area contributed by atoms with Gasteiger partial charge in [-0.25, -0.2) is 0 Å². The fourth-order valence-electron chi connectivity index (χ4n) is 2.86. The molecule has 5 nitrogen and oxygen atoms in total. The minimum atomic E-state index is 0.0173. The topological polar surface area (TPSA) is 52.7 Å². The summed E-state index contributed by atoms with van der Waals surface area (Å²) in [4.78, 5) is 28.3. The standard InChI is InChI=1S/C21H35N3O2/c1-5-15-24(16-6-2)21(26)14-10-13-20(25)22-17-18(3)23(4)19-11-8-7-9-12-19/h7-9,11-12,18H,5-6,10,13-17H2,1-4H3,(H,22,25). The lowest BCUT2D eigenvalue weighted by molar-refractivity contribution is -0.131. The van der Waals surface area contributed by atoms with Gasteiger partial charge in [-0.05, 0) is 38.3 Å². The molecule has 0 bridgehead atoms. The number of nitrogens with one attached hydrogen (secondary N) is 1. The zero-order valence-electron chi connectivity index (χ0n) is 16.8. The largest absolute Gasteiger partial charge is 0.370 e. The number of benzene rings is 1. The van der Waals surface area contributed by atoms with Crippen LogP contribution >= 0.6 is 0 Å². The molecule has 26 heavy (non-hydrogen) atoms. The molecule has 0 spiro atoms. The Morgan fingerprint density at radius 2 is 1.65 bits per heavy atom. The molecule has 1 aromatic rings. The van der Waals surface area contributed by atoms with Gasteiger partial charge in [0.15, 0.2) is 0 Å². The van der Waals surface area contributed by atoms with Crippen molar-refractivity contribution in [3.8, 4) is 0 Å². The number of anilines is 1. The van der Waals surface area contributed by atoms with E-state index in [4.69, 9.17) is 0 Å². The molecule has 0 aliphatic rings. The van der Waals surface area contributed by atoms with Gasteiger partial charge in [-0.2, -0.15) is 0 Å². The Hall–Kier alpha value is -2.04. The van der Waals surface area contributed by atoms with Crippen LogP contribution in [0.2, 0.25) is 0 Å². The van der Waals surface area contributed by atoms with Crippen molar-refractivity contribution in [2.45, 2.75) is 58.9 Å². The second-order valence-electron chi connectivity index (χ2n) is 6.83. The molecule has 0 aromatic heterocycles. The summed E-state index contributed by atoms with van der Waals surface area (Å²) in [6.45, 7) is 8.46. The first-order chi connectivity index (χ1) is 12.5. The number of likely N-dealkylation sites (N-methyl/N-ethyl adjacent to an activating group) is 1. The van der Waals surface area contributed by atoms with Crippen molar-refractivity contribution in [3.05, 3.63) is 30.3 Å². The highest BCUT2D eigenvalue weighted by Gasteiger charge is 2.14. The van der Waals surface area contributed by atoms with E-state index in [0.717, 1.165) is 31.6 Å². The van der Waals surface area contributed by atoms with Gasteiger partial charge in [-0.1, -0.05) is 32.0 Å². The van der Waals surface area contributed by atoms with E-state index in [1.54, 1.807) is 0 Å². The predicted octanol–water partition coefficient (Wildman–Crippen LogP) is 3.45. The maximum Gasteiger partial charge on any atom is 0.222 e. The third-order valence-corrected chi connectivity index (χ3v) is 4.55. The van der Waals surface area contributed by atoms with Gasteiger partial charge in [0.2, 0.25) is 11.8 Å². The first-order valence-electron chi connectivity index (χ1n) is 9.81. The van der Waals surface area contributed by atoms with E-state index in [1.165, 1.54) is 0 Å². The highest BCUT2D eigenvalue weighted by Crippen LogP contribution is 2.13. The van der Waals surface area contributed by atoms with E-state index >= 15 is 0 Å². The van der Waals surface area contributed by atoms with Crippen molar-refractivity contribution in [2.75, 3.05) is 31.6 Å². The summed E-state index contributed by atoms with van der Waals surface area (Å²) in [5.41, 5.74) is 1.13. The lowest BCUT2D eigenvalue weighted by atomic mass is 10.2. The van der Waals surface area contributed by atoms with Crippen molar-refractivity contribution in [3.63, 3.8) is 0 Å². The Morgan fingerprint density at radius 3 is 2.23 bits per heavy atom. The van der Waals surface area contributed by atoms with Crippen LogP contribution in [0.3, 0.4) is 0 Å². The van der Waals surface area contributed by atoms with Crippen LogP contribution in [-0.2, 0) is 9.59 Å². The molecule has 0 saturated carbocycles. The summed E-state index contributed by atoms with van der Waals surface area (Å²) in [6.07, 6.45) is 3.40. The number of hydrogen-bond donors (Lipinski definition) is 1. The molecule has 0 radical (unpaired) electrons. The number of carbonyl (C=O) groups is 2. The van der Waals surface area contributed by atoms with Gasteiger partial charge in [0.05, 0.1) is 0 Å². The molecule has 0 heterocycles. The highest BCUT2D eigenvalue weighted by molar-refractivity contribution is 5.79. The first kappa shape index (κ1) is 22.0. The highest BCUT2D eigenvalue weighted by atomic mass is 16.2. The van der Waals surface area contributed by atoms with Crippen LogP contribution in [-0.4, -0.2) is 49.4 Å². The number of nitrogens with zero attached hydrogens (tertiary/aromatic N) is 2. The zero-order valence-corrected chi connectivity index (χ0v) is 16.8. The van der Waals surface area contributed by atoms with E-state index in [-0.39, 0.29) is 17.9 Å². The Bertz CT molecular complexity index is 527. The van der Waals surface area contributed by atoms with Gasteiger partial charge < -0.3 is 15.1 Å². The molecule has 0 saturated heterocycles. The van der Waals surface area contributed by atoms with E-state index in [2.05, 4.69) is 43.1 Å². The number of carbonyl (C=O) groups excluding carboxylic acids is 2. The molecule has 0 aliphatic heterocycles. The van der Waals surface area contributed by atoms with Crippen molar-refractivity contribution in [2.24, 2.45) is 0 Å². The quantitative estimate of drug-likeness (QED) is 0.620. The smallest absolute Gasteiger partial charge is 0.222 e. The fourth-order valence-corrected chi connectivity index (χ4v) is 2.86. The number of amides is 2. The fraction of sp³-hybridized carbons (Fsp3) is 0.619. The Balaban J connectivity index is 2.28. The maximum absolute atomic E-state index is 12.2. The summed E-state index contributed by atoms with van der Waals surface area (Å²) >= 11 is 0. The summed E-state index contributed by atoms with van der Waals surface area (Å²) in [5.74, 6) is 0.183. The van der Waals surface area contributed by atoms with Crippen molar-refractivity contribution in [1.82, 2.24) is 10.2 Å². The molecule has 1 unspecified atom stereocenters. The van der Waals surface area contributed by atoms with Gasteiger partial charge >= 0.3 is 0 Å². The molecular formula is C21H35N3O2. The molecular weight excluding hydrogens is 326 g/mol. The summed E-state index contributed by atoms with van der Waals surface area (Å²) < 4.78 is 0. The molecule has 1 rings (SSSR count). The Kier molecular flexibility index (Phi) is 10.4. The van der Waals surface area contributed by atoms with Crippen LogP contribution in [0.15, 0.2) is 30.3 Å². The zero-order chi connectivity index (χ0) is 19.4. The summed E-state index contributed by atoms with van der Waals surface area (Å²) in [6, 6.07) is 10.3. The van der Waals surface area contributed by atoms with Crippen molar-refractivity contribution < 1.29 is 9.59 Å². The van der Waals surface area contributed by atoms with Crippen LogP contribution in [0.1, 0.15) is 52.9 Å². The van der Waals surface area contributed by atoms with Gasteiger partial charge in [0, 0.05) is 51.3 Å². The molecule has 2 amide bonds. The second-order valence-corrected chi connectivity index (χ2v) is 6.83. The van der Waals surface area contributed by atoms with Crippen LogP contribution in [0.25, 0.3) is 0 Å². The molecule has 1 atom stereocenters. The van der Waals surface area contributed by atoms with Crippen LogP contribution in [0.4, 0.5) is 5.69 Å². The monoisotopic (exact) mass is 361 g/mol. The third-order valence-electron chi connectivity index (χ3n) is 4.55. The van der Waals surface area contributed by atoms with Gasteiger partial charge in [0.1, 0.15) is 0 Å². The third kappa shape index (κ3) is 7.89. The minimum absolute atomic E-state index is 0.0173. The van der Waals surface area contributed by atoms with Crippen molar-refractivity contribution >= 4 is 17.5 Å². The molecule has 0 fully saturated rings. The average Bonchev–Trinajstić information content (AvgIpc) is 2.65. The molecule has 1 N–H and O–H groups in total. The number of rotatable bonds is 12. The molecule has 1 aromatic carbocycles. The Morgan fingerprint density at radius 1 is 1.04 bits per heavy atom. The van der Waals surface area contributed by atoms with Crippen molar-refractivity contribution in [1.29, 1.82) is 0 Å². The minimum Gasteiger partial charge on any atom is -0.370 e. The first-order valence-corrected chi connectivity index (χ1v) is 9.81.